The highest BCUT2D eigenvalue weighted by Gasteiger charge is 2.46. The topological polar surface area (TPSA) is 255 Å². The van der Waals surface area contributed by atoms with Gasteiger partial charge in [0.1, 0.15) is 18.3 Å². The van der Waals surface area contributed by atoms with Crippen LogP contribution in [0.1, 0.15) is 6.23 Å². The standard InChI is InChI=1S/C10H17N2O14P3/c13-6-1-2-12(10(16)11-6)9-8(15)7(14)5(25-9)3-24-27(17,18)4-28(19,20)26-29(21,22)23/h1-2,5,7-9,14-15H,3-4H2,(H,17,18)(H,19,20)(H,11,13,16)(H2,21,22,23)/t5-,7-,8-,9-/m1/s1. The van der Waals surface area contributed by atoms with Crippen LogP contribution in [0.4, 0.5) is 0 Å². The minimum absolute atomic E-state index is 0.730. The van der Waals surface area contributed by atoms with Crippen LogP contribution in [0.25, 0.3) is 0 Å². The SMILES string of the molecule is O=c1ccn([C@@H]2O[C@H](COP(=O)(O)CP(=O)(O)OP(=O)(O)O)[C@@H](O)[C@H]2O)c(=O)[nH]1. The Balaban J connectivity index is 2.06. The van der Waals surface area contributed by atoms with E-state index in [0.29, 0.717) is 0 Å². The van der Waals surface area contributed by atoms with Crippen molar-refractivity contribution < 1.29 is 57.1 Å². The van der Waals surface area contributed by atoms with Crippen molar-refractivity contribution in [3.05, 3.63) is 33.1 Å². The largest absolute Gasteiger partial charge is 0.476 e. The molecule has 1 aliphatic heterocycles. The van der Waals surface area contributed by atoms with Gasteiger partial charge >= 0.3 is 28.7 Å². The predicted molar refractivity (Wildman–Crippen MR) is 90.8 cm³/mol. The lowest BCUT2D eigenvalue weighted by Crippen LogP contribution is -2.37. The predicted octanol–water partition coefficient (Wildman–Crippen LogP) is -2.39. The number of aromatic nitrogens is 2. The maximum atomic E-state index is 11.9. The molecule has 0 saturated carbocycles. The second-order valence-corrected chi connectivity index (χ2v) is 11.4. The molecular formula is C10H17N2O14P3. The average Bonchev–Trinajstić information content (AvgIpc) is 2.78. The number of phosphoric acid groups is 1. The van der Waals surface area contributed by atoms with E-state index < -0.39 is 71.3 Å². The molecule has 2 rings (SSSR count). The Bertz CT molecular complexity index is 998. The molecule has 0 amide bonds. The highest BCUT2D eigenvalue weighted by molar-refractivity contribution is 7.74. The monoisotopic (exact) mass is 482 g/mol. The first kappa shape index (κ1) is 24.3. The van der Waals surface area contributed by atoms with Crippen LogP contribution in [-0.2, 0) is 27.3 Å². The lowest BCUT2D eigenvalue weighted by atomic mass is 10.1. The zero-order valence-corrected chi connectivity index (χ0v) is 16.8. The number of rotatable bonds is 8. The maximum absolute atomic E-state index is 11.9. The summed E-state index contributed by atoms with van der Waals surface area (Å²) in [5.74, 6) is -1.68. The third-order valence-electron chi connectivity index (χ3n) is 3.49. The number of aliphatic hydroxyl groups excluding tert-OH is 2. The number of nitrogens with one attached hydrogen (secondary N) is 1. The van der Waals surface area contributed by atoms with Crippen molar-refractivity contribution in [2.75, 3.05) is 12.5 Å². The third kappa shape index (κ3) is 6.76. The van der Waals surface area contributed by atoms with Crippen LogP contribution in [0.3, 0.4) is 0 Å². The quantitative estimate of drug-likeness (QED) is 0.191. The van der Waals surface area contributed by atoms with E-state index in [1.165, 1.54) is 0 Å². The molecule has 1 aromatic heterocycles. The fourth-order valence-corrected chi connectivity index (χ4v) is 6.89. The van der Waals surface area contributed by atoms with Gasteiger partial charge in [0.2, 0.25) is 0 Å². The van der Waals surface area contributed by atoms with Crippen LogP contribution >= 0.6 is 23.0 Å². The Morgan fingerprint density at radius 2 is 1.69 bits per heavy atom. The van der Waals surface area contributed by atoms with Gasteiger partial charge in [-0.1, -0.05) is 0 Å². The lowest BCUT2D eigenvalue weighted by Gasteiger charge is -2.19. The molecule has 1 saturated heterocycles. The van der Waals surface area contributed by atoms with Gasteiger partial charge in [0, 0.05) is 12.3 Å². The highest BCUT2D eigenvalue weighted by Crippen LogP contribution is 2.64. The molecule has 7 N–H and O–H groups in total. The van der Waals surface area contributed by atoms with Crippen molar-refractivity contribution in [2.45, 2.75) is 24.5 Å². The van der Waals surface area contributed by atoms with Gasteiger partial charge in [-0.3, -0.25) is 23.5 Å². The molecule has 1 aliphatic rings. The number of aromatic amines is 1. The number of H-pyrrole nitrogens is 1. The van der Waals surface area contributed by atoms with Gasteiger partial charge in [0.25, 0.3) is 5.56 Å². The van der Waals surface area contributed by atoms with E-state index in [1.807, 2.05) is 4.98 Å². The van der Waals surface area contributed by atoms with Crippen molar-refractivity contribution in [3.8, 4) is 0 Å². The van der Waals surface area contributed by atoms with Gasteiger partial charge in [0.15, 0.2) is 12.1 Å². The average molecular weight is 482 g/mol. The Labute approximate surface area is 160 Å². The highest BCUT2D eigenvalue weighted by atomic mass is 31.3. The van der Waals surface area contributed by atoms with E-state index in [2.05, 4.69) is 8.83 Å². The second-order valence-electron chi connectivity index (χ2n) is 5.85. The molecule has 166 valence electrons. The van der Waals surface area contributed by atoms with Gasteiger partial charge in [-0.15, -0.1) is 0 Å². The zero-order chi connectivity index (χ0) is 22.2. The molecule has 1 fully saturated rings. The van der Waals surface area contributed by atoms with Crippen molar-refractivity contribution in [2.24, 2.45) is 0 Å². The Morgan fingerprint density at radius 1 is 1.07 bits per heavy atom. The number of ether oxygens (including phenoxy) is 1. The molecule has 0 spiro atoms. The third-order valence-corrected chi connectivity index (χ3v) is 8.78. The van der Waals surface area contributed by atoms with Crippen molar-refractivity contribution >= 4 is 23.0 Å². The molecule has 19 heteroatoms. The molecule has 0 radical (unpaired) electrons. The second kappa shape index (κ2) is 8.63. The first-order chi connectivity index (χ1) is 13.1. The molecule has 29 heavy (non-hydrogen) atoms. The van der Waals surface area contributed by atoms with Crippen molar-refractivity contribution in [3.63, 3.8) is 0 Å². The molecule has 0 aliphatic carbocycles. The Kier molecular flexibility index (Phi) is 7.23. The van der Waals surface area contributed by atoms with E-state index >= 15 is 0 Å². The smallest absolute Gasteiger partial charge is 0.387 e. The maximum Gasteiger partial charge on any atom is 0.476 e. The van der Waals surface area contributed by atoms with E-state index in [9.17, 15) is 43.3 Å². The van der Waals surface area contributed by atoms with Gasteiger partial charge in [-0.2, -0.15) is 0 Å². The number of hydrogen-bond donors (Lipinski definition) is 7. The fourth-order valence-electron chi connectivity index (χ4n) is 2.37. The summed E-state index contributed by atoms with van der Waals surface area (Å²) >= 11 is 0. The number of nitrogens with zero attached hydrogens (tertiary/aromatic N) is 1. The van der Waals surface area contributed by atoms with Crippen LogP contribution in [0.15, 0.2) is 21.9 Å². The van der Waals surface area contributed by atoms with Crippen LogP contribution in [-0.4, -0.2) is 70.2 Å². The van der Waals surface area contributed by atoms with Crippen LogP contribution in [0, 0.1) is 0 Å². The van der Waals surface area contributed by atoms with Gasteiger partial charge in [-0.25, -0.2) is 13.7 Å². The Morgan fingerprint density at radius 3 is 2.24 bits per heavy atom. The molecular weight excluding hydrogens is 465 g/mol. The fraction of sp³-hybridized carbons (Fsp3) is 0.600. The van der Waals surface area contributed by atoms with E-state index in [0.717, 1.165) is 16.8 Å². The summed E-state index contributed by atoms with van der Waals surface area (Å²) in [4.78, 5) is 60.6. The number of hydrogen-bond acceptors (Lipinski definition) is 10. The molecule has 6 atom stereocenters. The molecule has 0 aromatic carbocycles. The van der Waals surface area contributed by atoms with Crippen LogP contribution in [0.5, 0.6) is 0 Å². The lowest BCUT2D eigenvalue weighted by molar-refractivity contribution is -0.0524. The van der Waals surface area contributed by atoms with Crippen molar-refractivity contribution in [1.29, 1.82) is 0 Å². The number of aliphatic hydroxyl groups is 2. The molecule has 1 aromatic rings. The normalized spacial score (nSPS) is 29.3. The summed E-state index contributed by atoms with van der Waals surface area (Å²) in [7, 11) is -15.6. The molecule has 16 nitrogen and oxygen atoms in total. The van der Waals surface area contributed by atoms with Crippen molar-refractivity contribution in [1.82, 2.24) is 9.55 Å². The summed E-state index contributed by atoms with van der Waals surface area (Å²) in [5.41, 5.74) is -1.70. The van der Waals surface area contributed by atoms with Gasteiger partial charge in [0.05, 0.1) is 6.61 Å². The molecule has 2 unspecified atom stereocenters. The summed E-state index contributed by atoms with van der Waals surface area (Å²) in [6, 6.07) is 0.940. The minimum atomic E-state index is -5.44. The van der Waals surface area contributed by atoms with E-state index in [-0.39, 0.29) is 0 Å². The summed E-state index contributed by atoms with van der Waals surface area (Å²) in [5, 5.41) is 20.0. The van der Waals surface area contributed by atoms with Crippen LogP contribution in [0.2, 0.25) is 0 Å². The van der Waals surface area contributed by atoms with Crippen LogP contribution < -0.4 is 11.2 Å². The molecule has 2 heterocycles. The first-order valence-corrected chi connectivity index (χ1v) is 12.5. The summed E-state index contributed by atoms with van der Waals surface area (Å²) in [6.07, 6.45) is -5.46. The molecule has 0 bridgehead atoms. The van der Waals surface area contributed by atoms with E-state index in [4.69, 9.17) is 14.5 Å². The first-order valence-electron chi connectivity index (χ1n) is 7.48. The Hall–Kier alpha value is -0.990. The zero-order valence-electron chi connectivity index (χ0n) is 14.1. The van der Waals surface area contributed by atoms with Gasteiger partial charge in [-0.05, 0) is 0 Å². The van der Waals surface area contributed by atoms with Gasteiger partial charge < -0.3 is 39.0 Å². The van der Waals surface area contributed by atoms with E-state index in [1.54, 1.807) is 0 Å². The minimum Gasteiger partial charge on any atom is -0.387 e. The summed E-state index contributed by atoms with van der Waals surface area (Å²) in [6.45, 7) is -0.920. The summed E-state index contributed by atoms with van der Waals surface area (Å²) < 4.78 is 48.0.